The quantitative estimate of drug-likeness (QED) is 0.629. The number of hydrogen-bond donors (Lipinski definition) is 1. The van der Waals surface area contributed by atoms with Crippen molar-refractivity contribution in [1.82, 2.24) is 0 Å². The van der Waals surface area contributed by atoms with Gasteiger partial charge in [-0.05, 0) is 25.7 Å². The molecule has 0 radical (unpaired) electrons. The molecule has 1 N–H and O–H groups in total. The third kappa shape index (κ3) is 2.16. The van der Waals surface area contributed by atoms with E-state index in [1.807, 2.05) is 13.0 Å². The number of cyclic esters (lactones) is 2. The average molecular weight is 318 g/mol. The van der Waals surface area contributed by atoms with Crippen LogP contribution in [0.4, 0.5) is 0 Å². The van der Waals surface area contributed by atoms with Crippen molar-refractivity contribution in [2.24, 2.45) is 5.92 Å². The van der Waals surface area contributed by atoms with Crippen LogP contribution in [0.3, 0.4) is 0 Å². The van der Waals surface area contributed by atoms with Crippen LogP contribution in [0.15, 0.2) is 34.4 Å². The fourth-order valence-corrected chi connectivity index (χ4v) is 3.52. The van der Waals surface area contributed by atoms with Gasteiger partial charge in [0.15, 0.2) is 0 Å². The van der Waals surface area contributed by atoms with Gasteiger partial charge < -0.3 is 14.6 Å². The van der Waals surface area contributed by atoms with E-state index in [-0.39, 0.29) is 24.0 Å². The van der Waals surface area contributed by atoms with Gasteiger partial charge in [-0.1, -0.05) is 26.0 Å². The topological polar surface area (TPSA) is 89.9 Å². The number of fused-ring (bicyclic) bond motifs is 1. The first kappa shape index (κ1) is 15.7. The number of carbonyl (C=O) groups is 3. The van der Waals surface area contributed by atoms with Crippen LogP contribution in [0.5, 0.6) is 0 Å². The first-order valence-electron chi connectivity index (χ1n) is 7.79. The van der Waals surface area contributed by atoms with Crippen LogP contribution in [-0.4, -0.2) is 28.8 Å². The van der Waals surface area contributed by atoms with E-state index in [9.17, 15) is 19.5 Å². The van der Waals surface area contributed by atoms with Crippen molar-refractivity contribution in [2.45, 2.75) is 45.3 Å². The Labute approximate surface area is 133 Å². The van der Waals surface area contributed by atoms with Crippen molar-refractivity contribution in [3.63, 3.8) is 0 Å². The summed E-state index contributed by atoms with van der Waals surface area (Å²) in [5.74, 6) is -4.71. The van der Waals surface area contributed by atoms with E-state index in [4.69, 9.17) is 4.74 Å². The molecule has 2 heterocycles. The number of ether oxygens (including phenoxy) is 2. The van der Waals surface area contributed by atoms with Crippen LogP contribution in [0.25, 0.3) is 0 Å². The van der Waals surface area contributed by atoms with Crippen molar-refractivity contribution in [3.8, 4) is 0 Å². The highest BCUT2D eigenvalue weighted by Crippen LogP contribution is 2.49. The third-order valence-electron chi connectivity index (χ3n) is 4.58. The van der Waals surface area contributed by atoms with Gasteiger partial charge in [-0.25, -0.2) is 14.4 Å². The Morgan fingerprint density at radius 2 is 1.91 bits per heavy atom. The molecule has 2 unspecified atom stereocenters. The third-order valence-corrected chi connectivity index (χ3v) is 4.58. The van der Waals surface area contributed by atoms with Crippen molar-refractivity contribution in [1.29, 1.82) is 0 Å². The molecule has 1 aliphatic carbocycles. The standard InChI is InChI=1S/C17H18O6/c1-3-5-6-9-12-8-7-10-13(16(20)22-14(10)18)11(4-2)17(12,21)23-15(9)19/h5-6,11,21H,3-4,7-8H2,1-2H3/b6-5+. The van der Waals surface area contributed by atoms with Gasteiger partial charge in [-0.2, -0.15) is 0 Å². The first-order chi connectivity index (χ1) is 10.9. The lowest BCUT2D eigenvalue weighted by atomic mass is 9.83. The number of aliphatic hydroxyl groups is 1. The molecule has 122 valence electrons. The van der Waals surface area contributed by atoms with E-state index in [2.05, 4.69) is 4.74 Å². The molecule has 6 nitrogen and oxygen atoms in total. The summed E-state index contributed by atoms with van der Waals surface area (Å²) in [7, 11) is 0. The Morgan fingerprint density at radius 1 is 1.17 bits per heavy atom. The zero-order chi connectivity index (χ0) is 16.8. The lowest BCUT2D eigenvalue weighted by Gasteiger charge is -2.31. The largest absolute Gasteiger partial charge is 0.425 e. The van der Waals surface area contributed by atoms with Crippen LogP contribution in [-0.2, 0) is 23.9 Å². The minimum atomic E-state index is -1.89. The summed E-state index contributed by atoms with van der Waals surface area (Å²) in [4.78, 5) is 36.1. The van der Waals surface area contributed by atoms with E-state index in [0.29, 0.717) is 17.6 Å². The molecule has 2 aliphatic heterocycles. The molecule has 23 heavy (non-hydrogen) atoms. The second-order valence-corrected chi connectivity index (χ2v) is 5.82. The molecule has 3 rings (SSSR count). The van der Waals surface area contributed by atoms with Crippen LogP contribution in [0, 0.1) is 5.92 Å². The van der Waals surface area contributed by atoms with Gasteiger partial charge in [-0.15, -0.1) is 0 Å². The number of allylic oxidation sites excluding steroid dienone is 1. The van der Waals surface area contributed by atoms with Gasteiger partial charge in [0.25, 0.3) is 0 Å². The molecule has 3 aliphatic rings. The summed E-state index contributed by atoms with van der Waals surface area (Å²) in [6, 6.07) is 0. The molecule has 0 saturated carbocycles. The molecular formula is C17H18O6. The molecule has 6 heteroatoms. The maximum absolute atomic E-state index is 12.2. The van der Waals surface area contributed by atoms with Crippen LogP contribution in [0.1, 0.15) is 39.5 Å². The monoisotopic (exact) mass is 318 g/mol. The second-order valence-electron chi connectivity index (χ2n) is 5.82. The molecule has 0 aromatic rings. The molecule has 0 saturated heterocycles. The van der Waals surface area contributed by atoms with Crippen LogP contribution < -0.4 is 0 Å². The summed E-state index contributed by atoms with van der Waals surface area (Å²) in [6.07, 6.45) is 5.02. The maximum atomic E-state index is 12.2. The Balaban J connectivity index is 2.15. The molecule has 0 amide bonds. The van der Waals surface area contributed by atoms with Gasteiger partial charge in [-0.3, -0.25) is 0 Å². The Kier molecular flexibility index (Phi) is 3.72. The average Bonchev–Trinajstić information content (AvgIpc) is 2.84. The fourth-order valence-electron chi connectivity index (χ4n) is 3.52. The Morgan fingerprint density at radius 3 is 2.57 bits per heavy atom. The summed E-state index contributed by atoms with van der Waals surface area (Å²) in [5, 5.41) is 11.1. The minimum Gasteiger partial charge on any atom is -0.425 e. The predicted molar refractivity (Wildman–Crippen MR) is 78.6 cm³/mol. The Bertz CT molecular complexity index is 696. The zero-order valence-corrected chi connectivity index (χ0v) is 13.0. The normalized spacial score (nSPS) is 30.6. The molecule has 0 aromatic heterocycles. The van der Waals surface area contributed by atoms with E-state index in [1.165, 1.54) is 0 Å². The molecular weight excluding hydrogens is 300 g/mol. The number of esters is 3. The van der Waals surface area contributed by atoms with E-state index in [0.717, 1.165) is 6.42 Å². The van der Waals surface area contributed by atoms with Gasteiger partial charge in [0.2, 0.25) is 5.79 Å². The minimum absolute atomic E-state index is 0.142. The van der Waals surface area contributed by atoms with Crippen LogP contribution >= 0.6 is 0 Å². The summed E-state index contributed by atoms with van der Waals surface area (Å²) in [5.41, 5.74) is 1.18. The Hall–Kier alpha value is -2.21. The highest BCUT2D eigenvalue weighted by atomic mass is 16.7. The van der Waals surface area contributed by atoms with E-state index < -0.39 is 29.6 Å². The highest BCUT2D eigenvalue weighted by molar-refractivity contribution is 6.13. The van der Waals surface area contributed by atoms with Crippen molar-refractivity contribution in [3.05, 3.63) is 34.4 Å². The number of hydrogen-bond acceptors (Lipinski definition) is 6. The molecule has 0 bridgehead atoms. The number of carbonyl (C=O) groups excluding carboxylic acids is 3. The van der Waals surface area contributed by atoms with Gasteiger partial charge in [0, 0.05) is 11.1 Å². The van der Waals surface area contributed by atoms with Crippen molar-refractivity contribution < 1.29 is 29.0 Å². The number of rotatable bonds is 3. The van der Waals surface area contributed by atoms with E-state index >= 15 is 0 Å². The highest BCUT2D eigenvalue weighted by Gasteiger charge is 2.56. The molecule has 2 atom stereocenters. The molecule has 0 spiro atoms. The van der Waals surface area contributed by atoms with Gasteiger partial charge in [0.1, 0.15) is 0 Å². The zero-order valence-electron chi connectivity index (χ0n) is 13.0. The van der Waals surface area contributed by atoms with Gasteiger partial charge in [0.05, 0.1) is 17.1 Å². The SMILES string of the molecule is CC/C=C/C1=C2CCC3=C(C(=O)OC3=O)C(CC)C2(O)OC1=O. The smallest absolute Gasteiger partial charge is 0.342 e. The van der Waals surface area contributed by atoms with Crippen LogP contribution in [0.2, 0.25) is 0 Å². The second kappa shape index (κ2) is 5.45. The maximum Gasteiger partial charge on any atom is 0.342 e. The fraction of sp³-hybridized carbons (Fsp3) is 0.471. The van der Waals surface area contributed by atoms with Crippen molar-refractivity contribution in [2.75, 3.05) is 0 Å². The molecule has 0 fully saturated rings. The summed E-state index contributed by atoms with van der Waals surface area (Å²) in [6.45, 7) is 3.70. The lowest BCUT2D eigenvalue weighted by Crippen LogP contribution is -2.41. The predicted octanol–water partition coefficient (Wildman–Crippen LogP) is 1.69. The lowest BCUT2D eigenvalue weighted by molar-refractivity contribution is -0.197. The van der Waals surface area contributed by atoms with Crippen molar-refractivity contribution >= 4 is 17.9 Å². The first-order valence-corrected chi connectivity index (χ1v) is 7.79. The summed E-state index contributed by atoms with van der Waals surface area (Å²) < 4.78 is 9.95. The molecule has 0 aromatic carbocycles. The van der Waals surface area contributed by atoms with E-state index in [1.54, 1.807) is 13.0 Å². The van der Waals surface area contributed by atoms with Gasteiger partial charge >= 0.3 is 17.9 Å². The summed E-state index contributed by atoms with van der Waals surface area (Å²) >= 11 is 0.